The lowest BCUT2D eigenvalue weighted by Gasteiger charge is -2.32. The minimum Gasteiger partial charge on any atom is -0.379 e. The highest BCUT2D eigenvalue weighted by molar-refractivity contribution is 14.0. The highest BCUT2D eigenvalue weighted by Crippen LogP contribution is 2.16. The maximum absolute atomic E-state index is 12.1. The van der Waals surface area contributed by atoms with Crippen molar-refractivity contribution in [3.63, 3.8) is 0 Å². The first kappa shape index (κ1) is 22.9. The summed E-state index contributed by atoms with van der Waals surface area (Å²) >= 11 is 0. The average Bonchev–Trinajstić information content (AvgIpc) is 3.20. The molecule has 3 rings (SSSR count). The van der Waals surface area contributed by atoms with Crippen LogP contribution in [-0.2, 0) is 16.0 Å². The van der Waals surface area contributed by atoms with Gasteiger partial charge in [-0.3, -0.25) is 14.7 Å². The molecule has 0 bridgehead atoms. The zero-order valence-corrected chi connectivity index (χ0v) is 18.9. The fourth-order valence-electron chi connectivity index (χ4n) is 3.72. The van der Waals surface area contributed by atoms with E-state index in [-0.39, 0.29) is 36.4 Å². The summed E-state index contributed by atoms with van der Waals surface area (Å²) < 4.78 is 5.44. The largest absolute Gasteiger partial charge is 0.379 e. The number of nitrogens with zero attached hydrogens (tertiary/aromatic N) is 3. The molecule has 1 unspecified atom stereocenters. The van der Waals surface area contributed by atoms with Gasteiger partial charge in [0.15, 0.2) is 5.96 Å². The molecule has 0 aromatic heterocycles. The van der Waals surface area contributed by atoms with Crippen LogP contribution in [0.1, 0.15) is 12.0 Å². The van der Waals surface area contributed by atoms with Gasteiger partial charge in [0.05, 0.1) is 19.8 Å². The molecule has 1 atom stereocenters. The smallest absolute Gasteiger partial charge is 0.239 e. The van der Waals surface area contributed by atoms with Crippen LogP contribution in [0.15, 0.2) is 35.3 Å². The van der Waals surface area contributed by atoms with Gasteiger partial charge in [-0.25, -0.2) is 0 Å². The molecule has 0 saturated carbocycles. The second-order valence-corrected chi connectivity index (χ2v) is 7.02. The van der Waals surface area contributed by atoms with Crippen molar-refractivity contribution in [3.05, 3.63) is 35.9 Å². The number of morpholine rings is 1. The number of hydrogen-bond acceptors (Lipinski definition) is 4. The number of benzene rings is 1. The maximum Gasteiger partial charge on any atom is 0.239 e. The zero-order valence-electron chi connectivity index (χ0n) is 16.6. The highest BCUT2D eigenvalue weighted by atomic mass is 127. The third-order valence-corrected chi connectivity index (χ3v) is 5.22. The molecule has 0 radical (unpaired) electrons. The summed E-state index contributed by atoms with van der Waals surface area (Å²) in [4.78, 5) is 21.2. The Hall–Kier alpha value is -1.39. The SMILES string of the molecule is CN=C(NCC(=O)NCCc1ccccc1)N1CCC(N2CCOCC2)C1.I. The van der Waals surface area contributed by atoms with Crippen molar-refractivity contribution in [1.82, 2.24) is 20.4 Å². The summed E-state index contributed by atoms with van der Waals surface area (Å²) in [6, 6.07) is 10.7. The molecule has 1 amide bonds. The average molecular weight is 501 g/mol. The molecule has 0 spiro atoms. The van der Waals surface area contributed by atoms with Gasteiger partial charge in [-0.15, -0.1) is 24.0 Å². The molecule has 28 heavy (non-hydrogen) atoms. The normalized spacial score (nSPS) is 20.5. The summed E-state index contributed by atoms with van der Waals surface area (Å²) in [6.45, 7) is 6.49. The van der Waals surface area contributed by atoms with Crippen LogP contribution in [-0.4, -0.2) is 87.2 Å². The first-order valence-electron chi connectivity index (χ1n) is 9.84. The summed E-state index contributed by atoms with van der Waals surface area (Å²) in [7, 11) is 1.78. The molecular formula is C20H32IN5O2. The first-order chi connectivity index (χ1) is 13.3. The molecule has 156 valence electrons. The number of aliphatic imine (C=N–C) groups is 1. The van der Waals surface area contributed by atoms with Crippen LogP contribution in [0, 0.1) is 0 Å². The predicted octanol–water partition coefficient (Wildman–Crippen LogP) is 0.945. The van der Waals surface area contributed by atoms with E-state index < -0.39 is 0 Å². The van der Waals surface area contributed by atoms with E-state index in [1.807, 2.05) is 18.2 Å². The number of guanidine groups is 1. The van der Waals surface area contributed by atoms with Crippen molar-refractivity contribution in [2.45, 2.75) is 18.9 Å². The highest BCUT2D eigenvalue weighted by Gasteiger charge is 2.30. The van der Waals surface area contributed by atoms with E-state index in [4.69, 9.17) is 4.74 Å². The second-order valence-electron chi connectivity index (χ2n) is 7.02. The monoisotopic (exact) mass is 501 g/mol. The fraction of sp³-hybridized carbons (Fsp3) is 0.600. The lowest BCUT2D eigenvalue weighted by molar-refractivity contribution is -0.120. The lowest BCUT2D eigenvalue weighted by atomic mass is 10.1. The standard InChI is InChI=1S/C20H31N5O2.HI/c1-21-20(25-10-8-18(16-25)24-11-13-27-14-12-24)23-15-19(26)22-9-7-17-5-3-2-4-6-17;/h2-6,18H,7-16H2,1H3,(H,21,23)(H,22,26);1H. The van der Waals surface area contributed by atoms with E-state index in [2.05, 4.69) is 37.6 Å². The van der Waals surface area contributed by atoms with Crippen molar-refractivity contribution in [3.8, 4) is 0 Å². The number of carbonyl (C=O) groups excluding carboxylic acids is 1. The Morgan fingerprint density at radius 1 is 1.18 bits per heavy atom. The minimum absolute atomic E-state index is 0. The molecule has 1 aromatic carbocycles. The quantitative estimate of drug-likeness (QED) is 0.345. The van der Waals surface area contributed by atoms with Crippen LogP contribution in [0.25, 0.3) is 0 Å². The Morgan fingerprint density at radius 2 is 1.93 bits per heavy atom. The van der Waals surface area contributed by atoms with Crippen molar-refractivity contribution >= 4 is 35.8 Å². The maximum atomic E-state index is 12.1. The Kier molecular flexibility index (Phi) is 10.0. The predicted molar refractivity (Wildman–Crippen MR) is 122 cm³/mol. The van der Waals surface area contributed by atoms with Crippen LogP contribution < -0.4 is 10.6 Å². The van der Waals surface area contributed by atoms with Crippen LogP contribution in [0.4, 0.5) is 0 Å². The fourth-order valence-corrected chi connectivity index (χ4v) is 3.72. The number of ether oxygens (including phenoxy) is 1. The molecule has 0 aliphatic carbocycles. The Morgan fingerprint density at radius 3 is 2.64 bits per heavy atom. The van der Waals surface area contributed by atoms with Crippen LogP contribution in [0.5, 0.6) is 0 Å². The van der Waals surface area contributed by atoms with Crippen molar-refractivity contribution in [2.24, 2.45) is 4.99 Å². The third-order valence-electron chi connectivity index (χ3n) is 5.22. The van der Waals surface area contributed by atoms with Crippen molar-refractivity contribution in [1.29, 1.82) is 0 Å². The van der Waals surface area contributed by atoms with Crippen LogP contribution >= 0.6 is 24.0 Å². The number of likely N-dealkylation sites (tertiary alicyclic amines) is 1. The van der Waals surface area contributed by atoms with E-state index >= 15 is 0 Å². The number of amides is 1. The number of halogens is 1. The minimum atomic E-state index is -0.00370. The number of nitrogens with one attached hydrogen (secondary N) is 2. The van der Waals surface area contributed by atoms with Gasteiger partial charge in [-0.2, -0.15) is 0 Å². The Labute approximate surface area is 184 Å². The van der Waals surface area contributed by atoms with Crippen LogP contribution in [0.3, 0.4) is 0 Å². The summed E-state index contributed by atoms with van der Waals surface area (Å²) in [5, 5.41) is 6.17. The van der Waals surface area contributed by atoms with Gasteiger partial charge in [0, 0.05) is 45.8 Å². The summed E-state index contributed by atoms with van der Waals surface area (Å²) in [5.41, 5.74) is 1.23. The topological polar surface area (TPSA) is 69.2 Å². The molecule has 8 heteroatoms. The molecule has 2 fully saturated rings. The van der Waals surface area contributed by atoms with Gasteiger partial charge in [0.1, 0.15) is 0 Å². The molecule has 2 aliphatic heterocycles. The lowest BCUT2D eigenvalue weighted by Crippen LogP contribution is -2.48. The molecular weight excluding hydrogens is 469 g/mol. The molecule has 7 nitrogen and oxygen atoms in total. The Balaban J connectivity index is 0.00000280. The van der Waals surface area contributed by atoms with Crippen molar-refractivity contribution in [2.75, 3.05) is 59.5 Å². The summed E-state index contributed by atoms with van der Waals surface area (Å²) in [5.74, 6) is 0.806. The van der Waals surface area contributed by atoms with E-state index in [1.165, 1.54) is 5.56 Å². The van der Waals surface area contributed by atoms with Gasteiger partial charge in [0.2, 0.25) is 5.91 Å². The third kappa shape index (κ3) is 6.89. The van der Waals surface area contributed by atoms with Gasteiger partial charge < -0.3 is 20.3 Å². The molecule has 2 N–H and O–H groups in total. The molecule has 2 aliphatic rings. The van der Waals surface area contributed by atoms with Crippen molar-refractivity contribution < 1.29 is 9.53 Å². The van der Waals surface area contributed by atoms with E-state index in [1.54, 1.807) is 7.05 Å². The number of hydrogen-bond donors (Lipinski definition) is 2. The second kappa shape index (κ2) is 12.2. The van der Waals surface area contributed by atoms with Gasteiger partial charge in [-0.05, 0) is 18.4 Å². The summed E-state index contributed by atoms with van der Waals surface area (Å²) in [6.07, 6.45) is 1.97. The van der Waals surface area contributed by atoms with Crippen LogP contribution in [0.2, 0.25) is 0 Å². The van der Waals surface area contributed by atoms with Gasteiger partial charge in [-0.1, -0.05) is 30.3 Å². The number of carbonyl (C=O) groups is 1. The molecule has 2 saturated heterocycles. The van der Waals surface area contributed by atoms with E-state index in [0.717, 1.165) is 58.2 Å². The molecule has 2 heterocycles. The van der Waals surface area contributed by atoms with Gasteiger partial charge >= 0.3 is 0 Å². The first-order valence-corrected chi connectivity index (χ1v) is 9.84. The van der Waals surface area contributed by atoms with Gasteiger partial charge in [0.25, 0.3) is 0 Å². The van der Waals surface area contributed by atoms with E-state index in [9.17, 15) is 4.79 Å². The van der Waals surface area contributed by atoms with E-state index in [0.29, 0.717) is 12.6 Å². The number of rotatable bonds is 6. The Bertz CT molecular complexity index is 622. The zero-order chi connectivity index (χ0) is 18.9. The molecule has 1 aromatic rings.